The average Bonchev–Trinajstić information content (AvgIpc) is 2.66. The number of hydrogen-bond donors (Lipinski definition) is 0. The second-order valence-corrected chi connectivity index (χ2v) is 4.22. The van der Waals surface area contributed by atoms with Gasteiger partial charge in [0.2, 0.25) is 0 Å². The van der Waals surface area contributed by atoms with Gasteiger partial charge in [-0.2, -0.15) is 0 Å². The third kappa shape index (κ3) is 1.12. The number of benzene rings is 1. The minimum atomic E-state index is 0.438. The van der Waals surface area contributed by atoms with E-state index in [4.69, 9.17) is 1.37 Å². The summed E-state index contributed by atoms with van der Waals surface area (Å²) >= 11 is 0. The largest absolute Gasteiger partial charge is 0.302 e. The van der Waals surface area contributed by atoms with Crippen LogP contribution in [0.2, 0.25) is 0 Å². The van der Waals surface area contributed by atoms with E-state index in [9.17, 15) is 0 Å². The molecule has 0 unspecified atom stereocenters. The highest BCUT2D eigenvalue weighted by Gasteiger charge is 2.24. The fraction of sp³-hybridized carbons (Fsp3) is 0.385. The van der Waals surface area contributed by atoms with E-state index < -0.39 is 0 Å². The molecule has 1 aromatic carbocycles. The maximum absolute atomic E-state index is 7.41. The van der Waals surface area contributed by atoms with Crippen molar-refractivity contribution in [2.45, 2.75) is 12.8 Å². The van der Waals surface area contributed by atoms with E-state index in [2.05, 4.69) is 29.2 Å². The molecule has 0 saturated carbocycles. The highest BCUT2D eigenvalue weighted by atomic mass is 15.1. The predicted molar refractivity (Wildman–Crippen MR) is 59.2 cm³/mol. The van der Waals surface area contributed by atoms with Gasteiger partial charge in [0.1, 0.15) is 0 Å². The summed E-state index contributed by atoms with van der Waals surface area (Å²) in [6.45, 7) is 2.06. The molecule has 0 N–H and O–H groups in total. The molecule has 14 heavy (non-hydrogen) atoms. The van der Waals surface area contributed by atoms with Gasteiger partial charge in [-0.25, -0.2) is 0 Å². The van der Waals surface area contributed by atoms with E-state index in [0.29, 0.717) is 7.02 Å². The number of rotatable bonds is 0. The maximum Gasteiger partial charge on any atom is 0.0394 e. The lowest BCUT2D eigenvalue weighted by Crippen LogP contribution is -2.26. The molecule has 0 aromatic heterocycles. The molecular weight excluding hydrogens is 170 g/mol. The second-order valence-electron chi connectivity index (χ2n) is 4.22. The zero-order valence-electron chi connectivity index (χ0n) is 9.29. The third-order valence-corrected chi connectivity index (χ3v) is 3.27. The van der Waals surface area contributed by atoms with Crippen LogP contribution in [-0.2, 0) is 6.42 Å². The molecular formula is C13H15N. The van der Waals surface area contributed by atoms with Crippen LogP contribution in [0.4, 0.5) is 0 Å². The summed E-state index contributed by atoms with van der Waals surface area (Å²) in [4.78, 5) is 2.21. The second kappa shape index (κ2) is 2.96. The highest BCUT2D eigenvalue weighted by molar-refractivity contribution is 5.77. The first-order valence-corrected chi connectivity index (χ1v) is 5.19. The van der Waals surface area contributed by atoms with Gasteiger partial charge in [0.05, 0.1) is 0 Å². The number of fused-ring (bicyclic) bond motifs is 2. The van der Waals surface area contributed by atoms with Crippen molar-refractivity contribution in [1.29, 1.82) is 0 Å². The molecule has 0 amide bonds. The van der Waals surface area contributed by atoms with Crippen LogP contribution in [0, 0.1) is 0 Å². The van der Waals surface area contributed by atoms with Gasteiger partial charge in [-0.1, -0.05) is 24.3 Å². The Bertz CT molecular complexity index is 422. The highest BCUT2D eigenvalue weighted by Crippen LogP contribution is 2.37. The Morgan fingerprint density at radius 2 is 2.29 bits per heavy atom. The minimum absolute atomic E-state index is 0.438. The van der Waals surface area contributed by atoms with Crippen LogP contribution in [-0.4, -0.2) is 25.0 Å². The standard InChI is InChI=1S/C13H15N/c1-14-7-6-13-11(9-14)8-10-4-2-3-5-12(10)13/h2-5H,6-9H2,1H3/i1D. The molecule has 1 aliphatic heterocycles. The normalized spacial score (nSPS) is 21.9. The summed E-state index contributed by atoms with van der Waals surface area (Å²) < 4.78 is 7.41. The summed E-state index contributed by atoms with van der Waals surface area (Å²) in [5.41, 5.74) is 6.07. The molecule has 2 aliphatic rings. The van der Waals surface area contributed by atoms with E-state index in [0.717, 1.165) is 25.9 Å². The lowest BCUT2D eigenvalue weighted by molar-refractivity contribution is 0.358. The predicted octanol–water partition coefficient (Wildman–Crippen LogP) is 2.33. The summed E-state index contributed by atoms with van der Waals surface area (Å²) in [6.07, 6.45) is 2.24. The van der Waals surface area contributed by atoms with Gasteiger partial charge in [0.15, 0.2) is 0 Å². The van der Waals surface area contributed by atoms with Gasteiger partial charge in [-0.15, -0.1) is 0 Å². The van der Waals surface area contributed by atoms with Crippen LogP contribution >= 0.6 is 0 Å². The van der Waals surface area contributed by atoms with Crippen LogP contribution in [0.1, 0.15) is 18.9 Å². The van der Waals surface area contributed by atoms with Crippen molar-refractivity contribution >= 4 is 5.57 Å². The Morgan fingerprint density at radius 1 is 1.36 bits per heavy atom. The number of nitrogens with zero attached hydrogens (tertiary/aromatic N) is 1. The molecule has 0 bridgehead atoms. The Hall–Kier alpha value is -1.08. The zero-order valence-corrected chi connectivity index (χ0v) is 8.29. The van der Waals surface area contributed by atoms with E-state index in [1.165, 1.54) is 11.1 Å². The van der Waals surface area contributed by atoms with Crippen molar-refractivity contribution in [1.82, 2.24) is 4.90 Å². The number of hydrogen-bond acceptors (Lipinski definition) is 1. The van der Waals surface area contributed by atoms with E-state index in [1.807, 2.05) is 0 Å². The lowest BCUT2D eigenvalue weighted by Gasteiger charge is -2.24. The van der Waals surface area contributed by atoms with Gasteiger partial charge in [0, 0.05) is 14.5 Å². The zero-order chi connectivity index (χ0) is 10.3. The molecule has 0 radical (unpaired) electrons. The molecule has 0 atom stereocenters. The third-order valence-electron chi connectivity index (χ3n) is 3.27. The first-order chi connectivity index (χ1) is 7.38. The van der Waals surface area contributed by atoms with Crippen LogP contribution in [0.15, 0.2) is 29.8 Å². The average molecular weight is 186 g/mol. The molecule has 0 spiro atoms. The fourth-order valence-electron chi connectivity index (χ4n) is 2.58. The quantitative estimate of drug-likeness (QED) is 0.601. The first-order valence-electron chi connectivity index (χ1n) is 5.90. The van der Waals surface area contributed by atoms with Crippen molar-refractivity contribution in [3.63, 3.8) is 0 Å². The van der Waals surface area contributed by atoms with Gasteiger partial charge >= 0.3 is 0 Å². The summed E-state index contributed by atoms with van der Waals surface area (Å²) in [6, 6.07) is 8.73. The summed E-state index contributed by atoms with van der Waals surface area (Å²) in [5.74, 6) is 0. The monoisotopic (exact) mass is 186 g/mol. The molecule has 3 rings (SSSR count). The van der Waals surface area contributed by atoms with Crippen molar-refractivity contribution in [2.75, 3.05) is 20.1 Å². The molecule has 72 valence electrons. The summed E-state index contributed by atoms with van der Waals surface area (Å²) in [5, 5.41) is 0. The lowest BCUT2D eigenvalue weighted by atomic mass is 10.00. The fourth-order valence-corrected chi connectivity index (χ4v) is 2.58. The topological polar surface area (TPSA) is 3.24 Å². The van der Waals surface area contributed by atoms with Gasteiger partial charge < -0.3 is 4.90 Å². The SMILES string of the molecule is [2H]CN1CCC2=C(Cc3ccccc32)C1. The van der Waals surface area contributed by atoms with Gasteiger partial charge in [-0.05, 0) is 42.1 Å². The van der Waals surface area contributed by atoms with Gasteiger partial charge in [-0.3, -0.25) is 0 Å². The van der Waals surface area contributed by atoms with Crippen molar-refractivity contribution < 1.29 is 1.37 Å². The minimum Gasteiger partial charge on any atom is -0.302 e. The molecule has 0 fully saturated rings. The van der Waals surface area contributed by atoms with Crippen molar-refractivity contribution in [3.8, 4) is 0 Å². The molecule has 1 heteroatoms. The molecule has 0 saturated heterocycles. The van der Waals surface area contributed by atoms with E-state index >= 15 is 0 Å². The van der Waals surface area contributed by atoms with Crippen molar-refractivity contribution in [3.05, 3.63) is 41.0 Å². The van der Waals surface area contributed by atoms with Crippen LogP contribution in [0.25, 0.3) is 5.57 Å². The Morgan fingerprint density at radius 3 is 3.21 bits per heavy atom. The molecule has 1 nitrogen and oxygen atoms in total. The van der Waals surface area contributed by atoms with E-state index in [1.54, 1.807) is 11.1 Å². The van der Waals surface area contributed by atoms with Crippen LogP contribution < -0.4 is 0 Å². The van der Waals surface area contributed by atoms with Crippen LogP contribution in [0.3, 0.4) is 0 Å². The number of likely N-dealkylation sites (N-methyl/N-ethyl adjacent to an activating group) is 1. The van der Waals surface area contributed by atoms with E-state index in [-0.39, 0.29) is 0 Å². The Balaban J connectivity index is 1.96. The molecule has 1 aliphatic carbocycles. The Labute approximate surface area is 86.4 Å². The summed E-state index contributed by atoms with van der Waals surface area (Å²) in [7, 11) is 0.438. The molecule has 1 aromatic rings. The van der Waals surface area contributed by atoms with Gasteiger partial charge in [0.25, 0.3) is 0 Å². The maximum atomic E-state index is 7.41. The molecule has 1 heterocycles. The first kappa shape index (κ1) is 7.24. The smallest absolute Gasteiger partial charge is 0.0394 e. The Kier molecular flexibility index (Phi) is 1.53. The van der Waals surface area contributed by atoms with Crippen molar-refractivity contribution in [2.24, 2.45) is 0 Å². The van der Waals surface area contributed by atoms with Crippen LogP contribution in [0.5, 0.6) is 0 Å².